The minimum Gasteiger partial charge on any atom is -0.493 e. The number of ether oxygens (including phenoxy) is 1. The molecule has 0 aromatic carbocycles. The number of halogens is 1. The molecule has 124 valence electrons. The number of carbonyl (C=O) groups excluding carboxylic acids is 1. The van der Waals surface area contributed by atoms with Gasteiger partial charge in [0.15, 0.2) is 0 Å². The molecule has 8 heteroatoms. The molecule has 0 aliphatic heterocycles. The maximum atomic E-state index is 12.9. The van der Waals surface area contributed by atoms with Crippen molar-refractivity contribution in [2.75, 3.05) is 7.11 Å². The SMILES string of the molecule is COC(=O)C[C@@H](c1ccsc1)c1c(O)nc2ccc(Cl)cn2c1=O. The second kappa shape index (κ2) is 6.62. The predicted octanol–water partition coefficient (Wildman–Crippen LogP) is 2.81. The van der Waals surface area contributed by atoms with Gasteiger partial charge in [-0.25, -0.2) is 0 Å². The van der Waals surface area contributed by atoms with E-state index < -0.39 is 23.3 Å². The number of carbonyl (C=O) groups is 1. The molecule has 0 aliphatic carbocycles. The first-order chi connectivity index (χ1) is 11.5. The summed E-state index contributed by atoms with van der Waals surface area (Å²) in [5.74, 6) is -1.54. The van der Waals surface area contributed by atoms with Gasteiger partial charge in [0.2, 0.25) is 5.88 Å². The van der Waals surface area contributed by atoms with E-state index in [4.69, 9.17) is 16.3 Å². The maximum Gasteiger partial charge on any atom is 0.306 e. The van der Waals surface area contributed by atoms with E-state index >= 15 is 0 Å². The van der Waals surface area contributed by atoms with Gasteiger partial charge in [-0.1, -0.05) is 11.6 Å². The van der Waals surface area contributed by atoms with Gasteiger partial charge in [-0.2, -0.15) is 16.3 Å². The lowest BCUT2D eigenvalue weighted by Gasteiger charge is -2.16. The summed E-state index contributed by atoms with van der Waals surface area (Å²) >= 11 is 7.38. The molecule has 24 heavy (non-hydrogen) atoms. The Morgan fingerprint density at radius 3 is 2.92 bits per heavy atom. The molecule has 0 saturated carbocycles. The number of thiophene rings is 1. The van der Waals surface area contributed by atoms with Crippen LogP contribution in [0.1, 0.15) is 23.5 Å². The van der Waals surface area contributed by atoms with Gasteiger partial charge in [0, 0.05) is 12.1 Å². The molecule has 1 atom stereocenters. The molecule has 3 rings (SSSR count). The average molecular weight is 365 g/mol. The minimum atomic E-state index is -0.653. The van der Waals surface area contributed by atoms with E-state index in [2.05, 4.69) is 4.98 Å². The summed E-state index contributed by atoms with van der Waals surface area (Å²) in [6.07, 6.45) is 1.35. The highest BCUT2D eigenvalue weighted by atomic mass is 35.5. The topological polar surface area (TPSA) is 80.9 Å². The fraction of sp³-hybridized carbons (Fsp3) is 0.188. The Hall–Kier alpha value is -2.38. The van der Waals surface area contributed by atoms with E-state index in [0.717, 1.165) is 5.56 Å². The Morgan fingerprint density at radius 2 is 2.25 bits per heavy atom. The molecule has 6 nitrogen and oxygen atoms in total. The number of methoxy groups -OCH3 is 1. The van der Waals surface area contributed by atoms with Crippen LogP contribution in [0.2, 0.25) is 5.02 Å². The van der Waals surface area contributed by atoms with Crippen molar-refractivity contribution < 1.29 is 14.6 Å². The molecule has 3 heterocycles. The van der Waals surface area contributed by atoms with Gasteiger partial charge in [-0.05, 0) is 34.5 Å². The van der Waals surface area contributed by atoms with Gasteiger partial charge >= 0.3 is 5.97 Å². The standard InChI is InChI=1S/C16H13ClN2O4S/c1-23-13(20)6-11(9-4-5-24-8-9)14-15(21)18-12-3-2-10(17)7-19(12)16(14)22/h2-5,7-8,11,21H,6H2,1H3/t11-/m0/s1. The summed E-state index contributed by atoms with van der Waals surface area (Å²) < 4.78 is 5.98. The van der Waals surface area contributed by atoms with Crippen LogP contribution in [0, 0.1) is 0 Å². The van der Waals surface area contributed by atoms with Crippen LogP contribution in [0.3, 0.4) is 0 Å². The first kappa shape index (κ1) is 16.5. The molecular formula is C16H13ClN2O4S. The molecule has 3 aromatic heterocycles. The summed E-state index contributed by atoms with van der Waals surface area (Å²) in [6.45, 7) is 0. The summed E-state index contributed by atoms with van der Waals surface area (Å²) in [6, 6.07) is 4.91. The molecular weight excluding hydrogens is 352 g/mol. The number of fused-ring (bicyclic) bond motifs is 1. The van der Waals surface area contributed by atoms with Crippen molar-refractivity contribution in [2.24, 2.45) is 0 Å². The number of hydrogen-bond donors (Lipinski definition) is 1. The number of pyridine rings is 1. The first-order valence-electron chi connectivity index (χ1n) is 7.01. The molecule has 3 aromatic rings. The lowest BCUT2D eigenvalue weighted by molar-refractivity contribution is -0.140. The van der Waals surface area contributed by atoms with E-state index in [0.29, 0.717) is 5.02 Å². The number of nitrogens with zero attached hydrogens (tertiary/aromatic N) is 2. The number of hydrogen-bond acceptors (Lipinski definition) is 6. The molecule has 0 amide bonds. The van der Waals surface area contributed by atoms with Crippen LogP contribution in [-0.2, 0) is 9.53 Å². The Kier molecular flexibility index (Phi) is 4.55. The average Bonchev–Trinajstić information content (AvgIpc) is 3.09. The van der Waals surface area contributed by atoms with Crippen molar-refractivity contribution in [3.8, 4) is 5.88 Å². The van der Waals surface area contributed by atoms with Crippen LogP contribution >= 0.6 is 22.9 Å². The van der Waals surface area contributed by atoms with Crippen molar-refractivity contribution in [2.45, 2.75) is 12.3 Å². The Balaban J connectivity index is 2.24. The van der Waals surface area contributed by atoms with Crippen LogP contribution < -0.4 is 5.56 Å². The lowest BCUT2D eigenvalue weighted by atomic mass is 9.91. The van der Waals surface area contributed by atoms with Crippen molar-refractivity contribution >= 4 is 34.6 Å². The van der Waals surface area contributed by atoms with Crippen LogP contribution in [0.4, 0.5) is 0 Å². The molecule has 0 bridgehead atoms. The number of aromatic hydroxyl groups is 1. The summed E-state index contributed by atoms with van der Waals surface area (Å²) in [4.78, 5) is 28.7. The van der Waals surface area contributed by atoms with Crippen molar-refractivity contribution in [1.29, 1.82) is 0 Å². The first-order valence-corrected chi connectivity index (χ1v) is 8.33. The highest BCUT2D eigenvalue weighted by Crippen LogP contribution is 2.32. The number of aromatic nitrogens is 2. The summed E-state index contributed by atoms with van der Waals surface area (Å²) in [5.41, 5.74) is 0.577. The largest absolute Gasteiger partial charge is 0.493 e. The number of rotatable bonds is 4. The molecule has 0 radical (unpaired) electrons. The van der Waals surface area contributed by atoms with Crippen LogP contribution in [0.5, 0.6) is 5.88 Å². The molecule has 0 unspecified atom stereocenters. The Morgan fingerprint density at radius 1 is 1.46 bits per heavy atom. The van der Waals surface area contributed by atoms with Gasteiger partial charge < -0.3 is 9.84 Å². The van der Waals surface area contributed by atoms with Gasteiger partial charge in [0.25, 0.3) is 5.56 Å². The summed E-state index contributed by atoms with van der Waals surface area (Å²) in [7, 11) is 1.28. The van der Waals surface area contributed by atoms with E-state index in [1.54, 1.807) is 12.1 Å². The highest BCUT2D eigenvalue weighted by Gasteiger charge is 2.27. The number of esters is 1. The maximum absolute atomic E-state index is 12.9. The third-order valence-corrected chi connectivity index (χ3v) is 4.62. The van der Waals surface area contributed by atoms with Crippen molar-refractivity contribution in [3.63, 3.8) is 0 Å². The third-order valence-electron chi connectivity index (χ3n) is 3.69. The van der Waals surface area contributed by atoms with E-state index in [1.807, 2.05) is 10.8 Å². The van der Waals surface area contributed by atoms with E-state index in [1.165, 1.54) is 35.1 Å². The fourth-order valence-corrected chi connectivity index (χ4v) is 3.40. The van der Waals surface area contributed by atoms with Gasteiger partial charge in [-0.15, -0.1) is 0 Å². The smallest absolute Gasteiger partial charge is 0.306 e. The molecule has 0 fully saturated rings. The van der Waals surface area contributed by atoms with Crippen molar-refractivity contribution in [1.82, 2.24) is 9.38 Å². The molecule has 0 spiro atoms. The minimum absolute atomic E-state index is 0.0403. The Labute approximate surface area is 145 Å². The quantitative estimate of drug-likeness (QED) is 0.720. The van der Waals surface area contributed by atoms with Crippen LogP contribution in [0.25, 0.3) is 5.65 Å². The predicted molar refractivity (Wildman–Crippen MR) is 90.9 cm³/mol. The zero-order valence-corrected chi connectivity index (χ0v) is 14.2. The van der Waals surface area contributed by atoms with Gasteiger partial charge in [-0.3, -0.25) is 14.0 Å². The van der Waals surface area contributed by atoms with Crippen molar-refractivity contribution in [3.05, 3.63) is 61.7 Å². The van der Waals surface area contributed by atoms with Crippen LogP contribution in [0.15, 0.2) is 40.0 Å². The second-order valence-corrected chi connectivity index (χ2v) is 6.34. The monoisotopic (exact) mass is 364 g/mol. The fourth-order valence-electron chi connectivity index (χ4n) is 2.53. The zero-order chi connectivity index (χ0) is 17.3. The van der Waals surface area contributed by atoms with E-state index in [-0.39, 0.29) is 17.6 Å². The van der Waals surface area contributed by atoms with Crippen LogP contribution in [-0.4, -0.2) is 27.6 Å². The molecule has 0 aliphatic rings. The third kappa shape index (κ3) is 3.00. The normalized spacial score (nSPS) is 12.2. The van der Waals surface area contributed by atoms with E-state index in [9.17, 15) is 14.7 Å². The lowest BCUT2D eigenvalue weighted by Crippen LogP contribution is -2.24. The van der Waals surface area contributed by atoms with Gasteiger partial charge in [0.05, 0.1) is 24.1 Å². The Bertz CT molecular complexity index is 953. The zero-order valence-electron chi connectivity index (χ0n) is 12.6. The molecule has 1 N–H and O–H groups in total. The molecule has 0 saturated heterocycles. The van der Waals surface area contributed by atoms with Gasteiger partial charge in [0.1, 0.15) is 5.65 Å². The summed E-state index contributed by atoms with van der Waals surface area (Å²) in [5, 5.41) is 14.3. The second-order valence-electron chi connectivity index (χ2n) is 5.12. The highest BCUT2D eigenvalue weighted by molar-refractivity contribution is 7.08.